The standard InChI is InChI=1S/C10H11F2NO2/c11-8-5-9(12)10-7(1-3-14-10)6(8)2-4-15-13/h5H,1-4,13H2. The SMILES string of the molecule is NOCCc1c(F)cc(F)c2c1CCO2. The summed E-state index contributed by atoms with van der Waals surface area (Å²) in [4.78, 5) is 4.39. The van der Waals surface area contributed by atoms with E-state index in [-0.39, 0.29) is 12.4 Å². The first-order valence-electron chi connectivity index (χ1n) is 4.68. The van der Waals surface area contributed by atoms with E-state index < -0.39 is 11.6 Å². The second kappa shape index (κ2) is 4.12. The Labute approximate surface area is 85.7 Å². The number of benzene rings is 1. The van der Waals surface area contributed by atoms with Crippen LogP contribution in [0.1, 0.15) is 11.1 Å². The highest BCUT2D eigenvalue weighted by molar-refractivity contribution is 5.45. The summed E-state index contributed by atoms with van der Waals surface area (Å²) in [7, 11) is 0. The summed E-state index contributed by atoms with van der Waals surface area (Å²) in [6.45, 7) is 0.598. The van der Waals surface area contributed by atoms with Crippen molar-refractivity contribution in [3.63, 3.8) is 0 Å². The first kappa shape index (κ1) is 10.3. The summed E-state index contributed by atoms with van der Waals surface area (Å²) in [6, 6.07) is 0.843. The highest BCUT2D eigenvalue weighted by Crippen LogP contribution is 2.33. The smallest absolute Gasteiger partial charge is 0.168 e. The van der Waals surface area contributed by atoms with Gasteiger partial charge in [0, 0.05) is 24.5 Å². The van der Waals surface area contributed by atoms with Crippen molar-refractivity contribution < 1.29 is 18.4 Å². The molecule has 0 radical (unpaired) electrons. The lowest BCUT2D eigenvalue weighted by atomic mass is 10.0. The third kappa shape index (κ3) is 1.80. The van der Waals surface area contributed by atoms with Crippen molar-refractivity contribution in [2.75, 3.05) is 13.2 Å². The van der Waals surface area contributed by atoms with Crippen LogP contribution in [-0.4, -0.2) is 13.2 Å². The molecule has 0 atom stereocenters. The van der Waals surface area contributed by atoms with Crippen molar-refractivity contribution in [1.82, 2.24) is 0 Å². The number of hydrogen-bond donors (Lipinski definition) is 1. The third-order valence-electron chi connectivity index (χ3n) is 2.47. The first-order chi connectivity index (χ1) is 7.24. The zero-order chi connectivity index (χ0) is 10.8. The normalized spacial score (nSPS) is 13.8. The van der Waals surface area contributed by atoms with Crippen LogP contribution in [0.2, 0.25) is 0 Å². The summed E-state index contributed by atoms with van der Waals surface area (Å²) in [5, 5.41) is 0. The Bertz CT molecular complexity index is 382. The Morgan fingerprint density at radius 3 is 2.93 bits per heavy atom. The number of halogens is 2. The van der Waals surface area contributed by atoms with Crippen LogP contribution in [0.5, 0.6) is 5.75 Å². The summed E-state index contributed by atoms with van der Waals surface area (Å²) in [6.07, 6.45) is 0.859. The van der Waals surface area contributed by atoms with Gasteiger partial charge in [-0.15, -0.1) is 0 Å². The van der Waals surface area contributed by atoms with Crippen molar-refractivity contribution in [2.24, 2.45) is 5.90 Å². The van der Waals surface area contributed by atoms with Gasteiger partial charge in [0.25, 0.3) is 0 Å². The maximum atomic E-state index is 13.4. The molecule has 0 bridgehead atoms. The zero-order valence-electron chi connectivity index (χ0n) is 8.06. The molecule has 1 heterocycles. The number of hydrogen-bond acceptors (Lipinski definition) is 3. The summed E-state index contributed by atoms with van der Waals surface area (Å²) < 4.78 is 31.8. The quantitative estimate of drug-likeness (QED) is 0.773. The molecule has 0 saturated carbocycles. The molecular weight excluding hydrogens is 204 g/mol. The van der Waals surface area contributed by atoms with E-state index in [4.69, 9.17) is 10.6 Å². The Morgan fingerprint density at radius 2 is 2.20 bits per heavy atom. The van der Waals surface area contributed by atoms with Crippen LogP contribution >= 0.6 is 0 Å². The molecule has 1 aromatic carbocycles. The molecule has 0 fully saturated rings. The third-order valence-corrected chi connectivity index (χ3v) is 2.47. The van der Waals surface area contributed by atoms with Crippen LogP contribution in [0.4, 0.5) is 8.78 Å². The summed E-state index contributed by atoms with van der Waals surface area (Å²) in [5.41, 5.74) is 1.04. The monoisotopic (exact) mass is 215 g/mol. The van der Waals surface area contributed by atoms with Gasteiger partial charge < -0.3 is 9.57 Å². The number of rotatable bonds is 3. The van der Waals surface area contributed by atoms with Crippen molar-refractivity contribution in [1.29, 1.82) is 0 Å². The fraction of sp³-hybridized carbons (Fsp3) is 0.400. The minimum absolute atomic E-state index is 0.170. The average Bonchev–Trinajstić information content (AvgIpc) is 2.66. The Hall–Kier alpha value is -1.20. The Morgan fingerprint density at radius 1 is 1.40 bits per heavy atom. The minimum atomic E-state index is -0.641. The molecule has 0 amide bonds. The van der Waals surface area contributed by atoms with E-state index in [1.165, 1.54) is 0 Å². The average molecular weight is 215 g/mol. The fourth-order valence-corrected chi connectivity index (χ4v) is 1.80. The molecule has 82 valence electrons. The van der Waals surface area contributed by atoms with E-state index in [2.05, 4.69) is 4.84 Å². The molecule has 1 aliphatic rings. The minimum Gasteiger partial charge on any atom is -0.490 e. The maximum Gasteiger partial charge on any atom is 0.168 e. The summed E-state index contributed by atoms with van der Waals surface area (Å²) in [5.74, 6) is 3.84. The van der Waals surface area contributed by atoms with Crippen molar-refractivity contribution in [3.8, 4) is 5.75 Å². The van der Waals surface area contributed by atoms with Gasteiger partial charge in [0.05, 0.1) is 13.2 Å². The van der Waals surface area contributed by atoms with Crippen molar-refractivity contribution >= 4 is 0 Å². The molecule has 1 aromatic rings. The van der Waals surface area contributed by atoms with Gasteiger partial charge in [-0.3, -0.25) is 0 Å². The fourth-order valence-electron chi connectivity index (χ4n) is 1.80. The van der Waals surface area contributed by atoms with E-state index >= 15 is 0 Å². The van der Waals surface area contributed by atoms with E-state index in [0.717, 1.165) is 6.07 Å². The van der Waals surface area contributed by atoms with Crippen LogP contribution in [-0.2, 0) is 17.7 Å². The van der Waals surface area contributed by atoms with E-state index in [1.807, 2.05) is 0 Å². The maximum absolute atomic E-state index is 13.4. The highest BCUT2D eigenvalue weighted by atomic mass is 19.1. The molecule has 2 rings (SSSR count). The molecule has 2 N–H and O–H groups in total. The molecule has 1 aliphatic heterocycles. The predicted molar refractivity (Wildman–Crippen MR) is 49.4 cm³/mol. The van der Waals surface area contributed by atoms with Gasteiger partial charge in [-0.25, -0.2) is 14.7 Å². The van der Waals surface area contributed by atoms with Gasteiger partial charge in [0.1, 0.15) is 5.82 Å². The molecule has 5 heteroatoms. The topological polar surface area (TPSA) is 44.5 Å². The Kier molecular flexibility index (Phi) is 2.83. The van der Waals surface area contributed by atoms with Crippen molar-refractivity contribution in [2.45, 2.75) is 12.8 Å². The van der Waals surface area contributed by atoms with E-state index in [0.29, 0.717) is 30.6 Å². The molecule has 15 heavy (non-hydrogen) atoms. The molecular formula is C10H11F2NO2. The largest absolute Gasteiger partial charge is 0.490 e. The van der Waals surface area contributed by atoms with Gasteiger partial charge in [0.2, 0.25) is 0 Å². The lowest BCUT2D eigenvalue weighted by Crippen LogP contribution is -2.07. The number of nitrogens with two attached hydrogens (primary N) is 1. The summed E-state index contributed by atoms with van der Waals surface area (Å²) >= 11 is 0. The zero-order valence-corrected chi connectivity index (χ0v) is 8.06. The van der Waals surface area contributed by atoms with E-state index in [9.17, 15) is 8.78 Å². The molecule has 0 saturated heterocycles. The van der Waals surface area contributed by atoms with Crippen molar-refractivity contribution in [3.05, 3.63) is 28.8 Å². The van der Waals surface area contributed by atoms with Crippen LogP contribution in [0.3, 0.4) is 0 Å². The number of fused-ring (bicyclic) bond motifs is 1. The molecule has 0 spiro atoms. The van der Waals surface area contributed by atoms with Crippen LogP contribution in [0.25, 0.3) is 0 Å². The highest BCUT2D eigenvalue weighted by Gasteiger charge is 2.23. The first-order valence-corrected chi connectivity index (χ1v) is 4.68. The van der Waals surface area contributed by atoms with Gasteiger partial charge in [-0.1, -0.05) is 0 Å². The van der Waals surface area contributed by atoms with Gasteiger partial charge >= 0.3 is 0 Å². The van der Waals surface area contributed by atoms with Crippen LogP contribution < -0.4 is 10.6 Å². The molecule has 0 aromatic heterocycles. The second-order valence-corrected chi connectivity index (χ2v) is 3.35. The van der Waals surface area contributed by atoms with Gasteiger partial charge in [-0.2, -0.15) is 0 Å². The lowest BCUT2D eigenvalue weighted by molar-refractivity contribution is 0.140. The van der Waals surface area contributed by atoms with Gasteiger partial charge in [-0.05, 0) is 5.56 Å². The predicted octanol–water partition coefficient (Wildman–Crippen LogP) is 1.33. The molecule has 0 unspecified atom stereocenters. The van der Waals surface area contributed by atoms with E-state index in [1.54, 1.807) is 0 Å². The van der Waals surface area contributed by atoms with Crippen LogP contribution in [0, 0.1) is 11.6 Å². The number of ether oxygens (including phenoxy) is 1. The Balaban J connectivity index is 2.40. The molecule has 3 nitrogen and oxygen atoms in total. The van der Waals surface area contributed by atoms with Gasteiger partial charge in [0.15, 0.2) is 11.6 Å². The molecule has 0 aliphatic carbocycles. The lowest BCUT2D eigenvalue weighted by Gasteiger charge is -2.08. The van der Waals surface area contributed by atoms with Crippen LogP contribution in [0.15, 0.2) is 6.07 Å². The second-order valence-electron chi connectivity index (χ2n) is 3.35.